The summed E-state index contributed by atoms with van der Waals surface area (Å²) in [5, 5.41) is 13.9. The number of para-hydroxylation sites is 1. The number of ether oxygens (including phenoxy) is 1. The second-order valence-electron chi connectivity index (χ2n) is 7.38. The van der Waals surface area contributed by atoms with Crippen molar-refractivity contribution in [2.24, 2.45) is 12.1 Å². The van der Waals surface area contributed by atoms with Crippen LogP contribution in [0.4, 0.5) is 0 Å². The largest absolute Gasteiger partial charge is 0.488 e. The van der Waals surface area contributed by atoms with Gasteiger partial charge >= 0.3 is 0 Å². The van der Waals surface area contributed by atoms with Crippen LogP contribution in [0, 0.1) is 0 Å². The lowest BCUT2D eigenvalue weighted by molar-refractivity contribution is -0.118. The number of carbonyl (C=O) groups excluding carboxylic acids is 1. The third kappa shape index (κ3) is 6.72. The van der Waals surface area contributed by atoms with Crippen molar-refractivity contribution in [3.05, 3.63) is 93.4 Å². The zero-order valence-corrected chi connectivity index (χ0v) is 21.8. The predicted molar refractivity (Wildman–Crippen MR) is 143 cm³/mol. The first kappa shape index (κ1) is 25.0. The number of hydrogen-bond acceptors (Lipinski definition) is 6. The van der Waals surface area contributed by atoms with Gasteiger partial charge in [-0.1, -0.05) is 81.8 Å². The number of nitrogens with one attached hydrogen (secondary N) is 1. The molecule has 0 atom stereocenters. The van der Waals surface area contributed by atoms with Gasteiger partial charge in [0, 0.05) is 27.7 Å². The van der Waals surface area contributed by atoms with E-state index in [-0.39, 0.29) is 11.7 Å². The van der Waals surface area contributed by atoms with Gasteiger partial charge in [0.05, 0.1) is 12.0 Å². The van der Waals surface area contributed by atoms with E-state index in [1.54, 1.807) is 6.21 Å². The Morgan fingerprint density at radius 1 is 1.11 bits per heavy atom. The number of benzene rings is 3. The molecule has 0 unspecified atom stereocenters. The Balaban J connectivity index is 1.31. The molecule has 0 bridgehead atoms. The molecule has 0 aliphatic heterocycles. The third-order valence-corrected chi connectivity index (χ3v) is 6.87. The van der Waals surface area contributed by atoms with Crippen LogP contribution in [-0.4, -0.2) is 32.6 Å². The number of thioether (sulfide) groups is 1. The van der Waals surface area contributed by atoms with Crippen LogP contribution < -0.4 is 10.2 Å². The molecule has 0 saturated carbocycles. The molecule has 1 amide bonds. The lowest BCUT2D eigenvalue weighted by Gasteiger charge is -2.09. The molecule has 7 nitrogen and oxygen atoms in total. The fourth-order valence-corrected chi connectivity index (χ4v) is 4.41. The van der Waals surface area contributed by atoms with Crippen molar-refractivity contribution < 1.29 is 9.53 Å². The molecule has 1 heterocycles. The minimum atomic E-state index is -0.253. The number of hydrazone groups is 1. The van der Waals surface area contributed by atoms with Crippen LogP contribution in [0.2, 0.25) is 5.02 Å². The Morgan fingerprint density at radius 2 is 1.86 bits per heavy atom. The quantitative estimate of drug-likeness (QED) is 0.158. The zero-order chi connectivity index (χ0) is 24.6. The molecule has 4 aromatic rings. The van der Waals surface area contributed by atoms with Crippen LogP contribution in [0.15, 0.2) is 87.5 Å². The van der Waals surface area contributed by atoms with Crippen molar-refractivity contribution >= 4 is 51.4 Å². The van der Waals surface area contributed by atoms with E-state index < -0.39 is 0 Å². The van der Waals surface area contributed by atoms with Gasteiger partial charge in [0.15, 0.2) is 11.0 Å². The van der Waals surface area contributed by atoms with Crippen LogP contribution in [-0.2, 0) is 18.4 Å². The summed E-state index contributed by atoms with van der Waals surface area (Å²) in [7, 11) is 1.87. The molecule has 4 rings (SSSR count). The third-order valence-electron chi connectivity index (χ3n) is 4.90. The second-order valence-corrected chi connectivity index (χ2v) is 9.61. The minimum absolute atomic E-state index is 0.147. The summed E-state index contributed by atoms with van der Waals surface area (Å²) >= 11 is 10.8. The number of halogens is 2. The summed E-state index contributed by atoms with van der Waals surface area (Å²) in [6, 6.07) is 22.7. The van der Waals surface area contributed by atoms with Gasteiger partial charge in [-0.3, -0.25) is 4.79 Å². The first-order valence-electron chi connectivity index (χ1n) is 10.6. The Hall–Kier alpha value is -3.14. The molecule has 178 valence electrons. The molecule has 0 aliphatic rings. The van der Waals surface area contributed by atoms with Crippen LogP contribution >= 0.6 is 39.3 Å². The van der Waals surface area contributed by atoms with Crippen molar-refractivity contribution in [3.63, 3.8) is 0 Å². The van der Waals surface area contributed by atoms with Gasteiger partial charge in [-0.15, -0.1) is 10.2 Å². The number of carbonyl (C=O) groups is 1. The Bertz CT molecular complexity index is 1340. The predicted octanol–water partition coefficient (Wildman–Crippen LogP) is 5.72. The molecular weight excluding hydrogens is 550 g/mol. The van der Waals surface area contributed by atoms with Crippen molar-refractivity contribution in [2.75, 3.05) is 5.75 Å². The summed E-state index contributed by atoms with van der Waals surface area (Å²) in [6.45, 7) is 0.393. The van der Waals surface area contributed by atoms with Crippen LogP contribution in [0.5, 0.6) is 5.75 Å². The molecule has 1 N–H and O–H groups in total. The maximum atomic E-state index is 12.3. The summed E-state index contributed by atoms with van der Waals surface area (Å²) in [6.07, 6.45) is 1.56. The standard InChI is InChI=1S/C25H21BrClN5O2S/c1-32-24(20-7-3-4-8-21(20)26)30-31-25(32)35-16-23(33)29-28-14-18-6-2-5-9-22(18)34-15-17-10-12-19(27)13-11-17/h2-14H,15-16H2,1H3,(H,29,33)/b28-14-. The highest BCUT2D eigenvalue weighted by Gasteiger charge is 2.14. The van der Waals surface area contributed by atoms with Gasteiger partial charge in [-0.05, 0) is 35.9 Å². The van der Waals surface area contributed by atoms with E-state index >= 15 is 0 Å². The number of hydrogen-bond donors (Lipinski definition) is 1. The van der Waals surface area contributed by atoms with Gasteiger partial charge in [-0.2, -0.15) is 5.10 Å². The van der Waals surface area contributed by atoms with E-state index in [0.29, 0.717) is 28.4 Å². The molecule has 0 spiro atoms. The van der Waals surface area contributed by atoms with Gasteiger partial charge in [-0.25, -0.2) is 5.43 Å². The van der Waals surface area contributed by atoms with Crippen LogP contribution in [0.25, 0.3) is 11.4 Å². The van der Waals surface area contributed by atoms with E-state index in [0.717, 1.165) is 21.2 Å². The Kier molecular flexibility index (Phi) is 8.57. The fraction of sp³-hybridized carbons (Fsp3) is 0.120. The van der Waals surface area contributed by atoms with E-state index in [9.17, 15) is 4.79 Å². The van der Waals surface area contributed by atoms with E-state index in [1.807, 2.05) is 84.4 Å². The van der Waals surface area contributed by atoms with Crippen molar-refractivity contribution in [1.82, 2.24) is 20.2 Å². The lowest BCUT2D eigenvalue weighted by atomic mass is 10.2. The summed E-state index contributed by atoms with van der Waals surface area (Å²) in [5.41, 5.74) is 5.23. The van der Waals surface area contributed by atoms with Crippen molar-refractivity contribution in [1.29, 1.82) is 0 Å². The van der Waals surface area contributed by atoms with Gasteiger partial charge in [0.2, 0.25) is 0 Å². The molecule has 35 heavy (non-hydrogen) atoms. The second kappa shape index (κ2) is 12.0. The van der Waals surface area contributed by atoms with Gasteiger partial charge in [0.1, 0.15) is 12.4 Å². The smallest absolute Gasteiger partial charge is 0.250 e. The summed E-state index contributed by atoms with van der Waals surface area (Å²) < 4.78 is 8.70. The van der Waals surface area contributed by atoms with E-state index in [2.05, 4.69) is 36.7 Å². The first-order valence-corrected chi connectivity index (χ1v) is 12.7. The van der Waals surface area contributed by atoms with Crippen LogP contribution in [0.1, 0.15) is 11.1 Å². The highest BCUT2D eigenvalue weighted by molar-refractivity contribution is 9.10. The SMILES string of the molecule is Cn1c(SCC(=O)N/N=C\c2ccccc2OCc2ccc(Cl)cc2)nnc1-c1ccccc1Br. The first-order chi connectivity index (χ1) is 17.0. The van der Waals surface area contributed by atoms with Gasteiger partial charge < -0.3 is 9.30 Å². The van der Waals surface area contributed by atoms with Crippen LogP contribution in [0.3, 0.4) is 0 Å². The zero-order valence-electron chi connectivity index (χ0n) is 18.7. The molecule has 0 fully saturated rings. The van der Waals surface area contributed by atoms with Crippen molar-refractivity contribution in [3.8, 4) is 17.1 Å². The highest BCUT2D eigenvalue weighted by atomic mass is 79.9. The molecule has 3 aromatic carbocycles. The average Bonchev–Trinajstić information content (AvgIpc) is 3.23. The summed E-state index contributed by atoms with van der Waals surface area (Å²) in [5.74, 6) is 1.27. The van der Waals surface area contributed by atoms with Crippen molar-refractivity contribution in [2.45, 2.75) is 11.8 Å². The molecular formula is C25H21BrClN5O2S. The topological polar surface area (TPSA) is 81.4 Å². The Labute approximate surface area is 220 Å². The number of aromatic nitrogens is 3. The molecule has 0 aliphatic carbocycles. The highest BCUT2D eigenvalue weighted by Crippen LogP contribution is 2.28. The molecule has 0 saturated heterocycles. The van der Waals surface area contributed by atoms with E-state index in [4.69, 9.17) is 16.3 Å². The lowest BCUT2D eigenvalue weighted by Crippen LogP contribution is -2.20. The number of nitrogens with zero attached hydrogens (tertiary/aromatic N) is 4. The molecule has 1 aromatic heterocycles. The summed E-state index contributed by atoms with van der Waals surface area (Å²) in [4.78, 5) is 12.3. The average molecular weight is 571 g/mol. The molecule has 10 heteroatoms. The fourth-order valence-electron chi connectivity index (χ4n) is 3.11. The number of rotatable bonds is 9. The maximum Gasteiger partial charge on any atom is 0.250 e. The molecule has 0 radical (unpaired) electrons. The van der Waals surface area contributed by atoms with Gasteiger partial charge in [0.25, 0.3) is 5.91 Å². The monoisotopic (exact) mass is 569 g/mol. The maximum absolute atomic E-state index is 12.3. The minimum Gasteiger partial charge on any atom is -0.488 e. The normalized spacial score (nSPS) is 11.1. The Morgan fingerprint density at radius 3 is 2.66 bits per heavy atom. The van der Waals surface area contributed by atoms with E-state index in [1.165, 1.54) is 11.8 Å². The number of amides is 1.